The van der Waals surface area contributed by atoms with Crippen LogP contribution in [-0.2, 0) is 4.79 Å². The number of carbonyl (C=O) groups excluding carboxylic acids is 1. The Kier molecular flexibility index (Phi) is 4.60. The minimum atomic E-state index is -0.934. The highest BCUT2D eigenvalue weighted by Gasteiger charge is 2.15. The fourth-order valence-electron chi connectivity index (χ4n) is 1.82. The minimum Gasteiger partial charge on any atom is -0.481 e. The topological polar surface area (TPSA) is 110 Å². The lowest BCUT2D eigenvalue weighted by Gasteiger charge is -2.14. The number of hydrogen-bond acceptors (Lipinski definition) is 5. The maximum atomic E-state index is 12.0. The van der Waals surface area contributed by atoms with Crippen LogP contribution in [0.15, 0.2) is 30.6 Å². The van der Waals surface area contributed by atoms with Crippen LogP contribution in [0.25, 0.3) is 5.69 Å². The molecule has 2 aromatic rings. The fraction of sp³-hybridized carbons (Fsp3) is 0.308. The SMILES string of the molecule is CCC(CC(=O)O)NC(=O)c1ccc(-n2cnnn2)cc1. The molecular weight excluding hydrogens is 274 g/mol. The molecule has 0 aliphatic carbocycles. The third kappa shape index (κ3) is 3.85. The van der Waals surface area contributed by atoms with Crippen LogP contribution in [0.4, 0.5) is 0 Å². The number of carboxylic acid groups (broad SMARTS) is 1. The maximum absolute atomic E-state index is 12.0. The molecule has 0 spiro atoms. The number of benzene rings is 1. The number of tetrazole rings is 1. The molecule has 8 heteroatoms. The van der Waals surface area contributed by atoms with Crippen molar-refractivity contribution in [3.8, 4) is 5.69 Å². The summed E-state index contributed by atoms with van der Waals surface area (Å²) in [5.41, 5.74) is 1.18. The third-order valence-corrected chi connectivity index (χ3v) is 2.99. The van der Waals surface area contributed by atoms with Crippen LogP contribution < -0.4 is 5.32 Å². The van der Waals surface area contributed by atoms with Crippen LogP contribution in [-0.4, -0.2) is 43.2 Å². The third-order valence-electron chi connectivity index (χ3n) is 2.99. The van der Waals surface area contributed by atoms with E-state index in [9.17, 15) is 9.59 Å². The van der Waals surface area contributed by atoms with E-state index in [2.05, 4.69) is 20.8 Å². The van der Waals surface area contributed by atoms with E-state index in [0.717, 1.165) is 5.69 Å². The summed E-state index contributed by atoms with van der Waals surface area (Å²) in [7, 11) is 0. The Morgan fingerprint density at radius 1 is 1.33 bits per heavy atom. The highest BCUT2D eigenvalue weighted by Crippen LogP contribution is 2.08. The van der Waals surface area contributed by atoms with Gasteiger partial charge in [-0.25, -0.2) is 4.68 Å². The summed E-state index contributed by atoms with van der Waals surface area (Å²) in [5.74, 6) is -1.23. The van der Waals surface area contributed by atoms with E-state index < -0.39 is 5.97 Å². The monoisotopic (exact) mass is 289 g/mol. The number of nitrogens with zero attached hydrogens (tertiary/aromatic N) is 4. The van der Waals surface area contributed by atoms with Gasteiger partial charge in [-0.1, -0.05) is 6.92 Å². The summed E-state index contributed by atoms with van der Waals surface area (Å²) >= 11 is 0. The van der Waals surface area contributed by atoms with E-state index >= 15 is 0 Å². The Morgan fingerprint density at radius 2 is 2.05 bits per heavy atom. The zero-order valence-corrected chi connectivity index (χ0v) is 11.4. The van der Waals surface area contributed by atoms with Gasteiger partial charge >= 0.3 is 5.97 Å². The summed E-state index contributed by atoms with van der Waals surface area (Å²) in [5, 5.41) is 22.3. The van der Waals surface area contributed by atoms with Gasteiger partial charge in [0.1, 0.15) is 6.33 Å². The molecule has 1 amide bonds. The lowest BCUT2D eigenvalue weighted by molar-refractivity contribution is -0.137. The fourth-order valence-corrected chi connectivity index (χ4v) is 1.82. The first-order chi connectivity index (χ1) is 10.1. The molecule has 8 nitrogen and oxygen atoms in total. The van der Waals surface area contributed by atoms with Crippen LogP contribution in [0.5, 0.6) is 0 Å². The van der Waals surface area contributed by atoms with Gasteiger partial charge in [-0.15, -0.1) is 5.10 Å². The summed E-state index contributed by atoms with van der Waals surface area (Å²) in [6.45, 7) is 1.83. The largest absolute Gasteiger partial charge is 0.481 e. The molecule has 2 rings (SSSR count). The van der Waals surface area contributed by atoms with Gasteiger partial charge in [-0.05, 0) is 41.1 Å². The van der Waals surface area contributed by atoms with E-state index in [1.54, 1.807) is 24.3 Å². The van der Waals surface area contributed by atoms with Gasteiger partial charge in [0, 0.05) is 11.6 Å². The van der Waals surface area contributed by atoms with Gasteiger partial charge < -0.3 is 10.4 Å². The van der Waals surface area contributed by atoms with Gasteiger partial charge in [-0.2, -0.15) is 0 Å². The predicted molar refractivity (Wildman–Crippen MR) is 73.0 cm³/mol. The van der Waals surface area contributed by atoms with Crippen LogP contribution in [0.3, 0.4) is 0 Å². The summed E-state index contributed by atoms with van der Waals surface area (Å²) in [6, 6.07) is 6.32. The van der Waals surface area contributed by atoms with Crippen LogP contribution >= 0.6 is 0 Å². The molecule has 110 valence electrons. The smallest absolute Gasteiger partial charge is 0.305 e. The molecule has 0 saturated carbocycles. The number of carbonyl (C=O) groups is 2. The van der Waals surface area contributed by atoms with Crippen molar-refractivity contribution in [1.29, 1.82) is 0 Å². The number of aromatic nitrogens is 4. The summed E-state index contributed by atoms with van der Waals surface area (Å²) < 4.78 is 1.47. The molecule has 0 bridgehead atoms. The summed E-state index contributed by atoms with van der Waals surface area (Å²) in [6.07, 6.45) is 1.92. The van der Waals surface area contributed by atoms with Crippen LogP contribution in [0.2, 0.25) is 0 Å². The van der Waals surface area contributed by atoms with Gasteiger partial charge in [0.2, 0.25) is 0 Å². The number of amides is 1. The molecular formula is C13H15N5O3. The lowest BCUT2D eigenvalue weighted by atomic mass is 10.1. The molecule has 1 atom stereocenters. The van der Waals surface area contributed by atoms with Gasteiger partial charge in [0.15, 0.2) is 0 Å². The van der Waals surface area contributed by atoms with Crippen molar-refractivity contribution in [2.75, 3.05) is 0 Å². The average molecular weight is 289 g/mol. The van der Waals surface area contributed by atoms with E-state index in [-0.39, 0.29) is 18.4 Å². The van der Waals surface area contributed by atoms with Crippen molar-refractivity contribution < 1.29 is 14.7 Å². The number of nitrogens with one attached hydrogen (secondary N) is 1. The van der Waals surface area contributed by atoms with Crippen molar-refractivity contribution in [2.45, 2.75) is 25.8 Å². The molecule has 1 unspecified atom stereocenters. The van der Waals surface area contributed by atoms with E-state index in [1.807, 2.05) is 6.92 Å². The molecule has 1 aromatic carbocycles. The Balaban J connectivity index is 2.04. The average Bonchev–Trinajstić information content (AvgIpc) is 3.00. The molecule has 0 radical (unpaired) electrons. The Bertz CT molecular complexity index is 609. The quantitative estimate of drug-likeness (QED) is 0.807. The Hall–Kier alpha value is -2.77. The van der Waals surface area contributed by atoms with Crippen molar-refractivity contribution in [3.63, 3.8) is 0 Å². The van der Waals surface area contributed by atoms with E-state index in [0.29, 0.717) is 12.0 Å². The summed E-state index contributed by atoms with van der Waals surface area (Å²) in [4.78, 5) is 22.7. The standard InChI is InChI=1S/C13H15N5O3/c1-2-10(7-12(19)20)15-13(21)9-3-5-11(6-4-9)18-8-14-16-17-18/h3-6,8,10H,2,7H2,1H3,(H,15,21)(H,19,20). The van der Waals surface area contributed by atoms with Crippen LogP contribution in [0, 0.1) is 0 Å². The van der Waals surface area contributed by atoms with Gasteiger partial charge in [0.05, 0.1) is 12.1 Å². The van der Waals surface area contributed by atoms with Crippen LogP contribution in [0.1, 0.15) is 30.1 Å². The Labute approximate surface area is 120 Å². The highest BCUT2D eigenvalue weighted by molar-refractivity contribution is 5.94. The van der Waals surface area contributed by atoms with Crippen molar-refractivity contribution in [1.82, 2.24) is 25.5 Å². The first kappa shape index (κ1) is 14.6. The molecule has 1 heterocycles. The maximum Gasteiger partial charge on any atom is 0.305 e. The highest BCUT2D eigenvalue weighted by atomic mass is 16.4. The van der Waals surface area contributed by atoms with Crippen molar-refractivity contribution in [2.24, 2.45) is 0 Å². The molecule has 0 aliphatic rings. The normalized spacial score (nSPS) is 11.9. The lowest BCUT2D eigenvalue weighted by Crippen LogP contribution is -2.36. The zero-order chi connectivity index (χ0) is 15.2. The number of rotatable bonds is 6. The predicted octanol–water partition coefficient (Wildman–Crippen LogP) is 0.645. The van der Waals surface area contributed by atoms with Crippen molar-refractivity contribution >= 4 is 11.9 Å². The molecule has 0 fully saturated rings. The minimum absolute atomic E-state index is 0.0923. The number of aliphatic carboxylic acids is 1. The number of carboxylic acids is 1. The first-order valence-electron chi connectivity index (χ1n) is 6.46. The second-order valence-corrected chi connectivity index (χ2v) is 4.48. The zero-order valence-electron chi connectivity index (χ0n) is 11.4. The molecule has 2 N–H and O–H groups in total. The van der Waals surface area contributed by atoms with E-state index in [4.69, 9.17) is 5.11 Å². The molecule has 0 aliphatic heterocycles. The van der Waals surface area contributed by atoms with Gasteiger partial charge in [0.25, 0.3) is 5.91 Å². The first-order valence-corrected chi connectivity index (χ1v) is 6.46. The molecule has 21 heavy (non-hydrogen) atoms. The molecule has 1 aromatic heterocycles. The second kappa shape index (κ2) is 6.60. The van der Waals surface area contributed by atoms with E-state index in [1.165, 1.54) is 11.0 Å². The van der Waals surface area contributed by atoms with Gasteiger partial charge in [-0.3, -0.25) is 9.59 Å². The number of hydrogen-bond donors (Lipinski definition) is 2. The van der Waals surface area contributed by atoms with Crippen molar-refractivity contribution in [3.05, 3.63) is 36.2 Å². The molecule has 0 saturated heterocycles. The Morgan fingerprint density at radius 3 is 2.57 bits per heavy atom. The second-order valence-electron chi connectivity index (χ2n) is 4.48.